The first-order chi connectivity index (χ1) is 12.1. The van der Waals surface area contributed by atoms with Gasteiger partial charge in [-0.3, -0.25) is 0 Å². The number of para-hydroxylation sites is 1. The van der Waals surface area contributed by atoms with Crippen LogP contribution in [0.2, 0.25) is 5.02 Å². The summed E-state index contributed by atoms with van der Waals surface area (Å²) in [5, 5.41) is 13.9. The van der Waals surface area contributed by atoms with Gasteiger partial charge in [0.25, 0.3) is 0 Å². The summed E-state index contributed by atoms with van der Waals surface area (Å²) in [4.78, 5) is 12.7. The van der Waals surface area contributed by atoms with Crippen LogP contribution < -0.4 is 16.7 Å². The van der Waals surface area contributed by atoms with Gasteiger partial charge in [-0.1, -0.05) is 35.9 Å². The molecular formula is C19H12ClN3O2. The fraction of sp³-hybridized carbons (Fsp3) is 0.0526. The smallest absolute Gasteiger partial charge is 0.342 e. The molecular weight excluding hydrogens is 338 g/mol. The molecule has 3 N–H and O–H groups in total. The Bertz CT molecular complexity index is 1120. The third-order valence-electron chi connectivity index (χ3n) is 4.30. The Morgan fingerprint density at radius 3 is 2.60 bits per heavy atom. The lowest BCUT2D eigenvalue weighted by molar-refractivity contribution is 0.548. The zero-order valence-corrected chi connectivity index (χ0v) is 13.7. The SMILES string of the molecule is N#CC1=C(N)Nc2c(c(=O)oc3ccccc23)[C@H]1c1ccc(Cl)cc1. The number of rotatable bonds is 1. The van der Waals surface area contributed by atoms with E-state index in [4.69, 9.17) is 21.8 Å². The number of nitrogens with two attached hydrogens (primary N) is 1. The molecule has 4 rings (SSSR count). The van der Waals surface area contributed by atoms with E-state index in [2.05, 4.69) is 11.4 Å². The number of nitriles is 1. The van der Waals surface area contributed by atoms with E-state index < -0.39 is 11.5 Å². The van der Waals surface area contributed by atoms with Crippen LogP contribution in [-0.4, -0.2) is 0 Å². The minimum Gasteiger partial charge on any atom is -0.422 e. The molecule has 0 bridgehead atoms. The van der Waals surface area contributed by atoms with Gasteiger partial charge in [0.15, 0.2) is 0 Å². The van der Waals surface area contributed by atoms with E-state index >= 15 is 0 Å². The fourth-order valence-electron chi connectivity index (χ4n) is 3.18. The predicted octanol–water partition coefficient (Wildman–Crippen LogP) is 3.70. The van der Waals surface area contributed by atoms with E-state index in [1.165, 1.54) is 0 Å². The average Bonchev–Trinajstić information content (AvgIpc) is 2.61. The summed E-state index contributed by atoms with van der Waals surface area (Å²) in [6, 6.07) is 16.3. The number of anilines is 1. The molecule has 1 aliphatic heterocycles. The molecule has 0 fully saturated rings. The number of halogens is 1. The Kier molecular flexibility index (Phi) is 3.48. The van der Waals surface area contributed by atoms with Crippen molar-refractivity contribution in [3.63, 3.8) is 0 Å². The number of allylic oxidation sites excluding steroid dienone is 1. The van der Waals surface area contributed by atoms with Crippen molar-refractivity contribution in [3.05, 3.63) is 86.5 Å². The lowest BCUT2D eigenvalue weighted by atomic mass is 9.82. The highest BCUT2D eigenvalue weighted by molar-refractivity contribution is 6.30. The Morgan fingerprint density at radius 2 is 1.88 bits per heavy atom. The second kappa shape index (κ2) is 5.69. The summed E-state index contributed by atoms with van der Waals surface area (Å²) in [5.74, 6) is -0.384. The quantitative estimate of drug-likeness (QED) is 0.653. The van der Waals surface area contributed by atoms with Crippen LogP contribution in [0.3, 0.4) is 0 Å². The van der Waals surface area contributed by atoms with Gasteiger partial charge in [-0.15, -0.1) is 0 Å². The number of hydrogen-bond donors (Lipinski definition) is 2. The molecule has 0 amide bonds. The van der Waals surface area contributed by atoms with Crippen molar-refractivity contribution in [2.45, 2.75) is 5.92 Å². The molecule has 5 nitrogen and oxygen atoms in total. The largest absolute Gasteiger partial charge is 0.422 e. The van der Waals surface area contributed by atoms with Gasteiger partial charge in [-0.2, -0.15) is 5.26 Å². The van der Waals surface area contributed by atoms with Crippen molar-refractivity contribution < 1.29 is 4.42 Å². The van der Waals surface area contributed by atoms with Crippen LogP contribution in [-0.2, 0) is 0 Å². The maximum Gasteiger partial charge on any atom is 0.342 e. The molecule has 1 aromatic heterocycles. The Morgan fingerprint density at radius 1 is 1.16 bits per heavy atom. The van der Waals surface area contributed by atoms with Gasteiger partial charge < -0.3 is 15.5 Å². The summed E-state index contributed by atoms with van der Waals surface area (Å²) in [7, 11) is 0. The Labute approximate surface area is 147 Å². The zero-order chi connectivity index (χ0) is 17.6. The van der Waals surface area contributed by atoms with Crippen molar-refractivity contribution >= 4 is 28.3 Å². The molecule has 2 heterocycles. The van der Waals surface area contributed by atoms with Gasteiger partial charge in [0.2, 0.25) is 0 Å². The number of hydrogen-bond acceptors (Lipinski definition) is 5. The maximum atomic E-state index is 12.7. The van der Waals surface area contributed by atoms with Gasteiger partial charge in [0, 0.05) is 10.4 Å². The van der Waals surface area contributed by atoms with Gasteiger partial charge in [0.05, 0.1) is 28.8 Å². The Hall–Kier alpha value is -3.23. The number of nitrogens with zero attached hydrogens (tertiary/aromatic N) is 1. The van der Waals surface area contributed by atoms with Crippen molar-refractivity contribution in [1.82, 2.24) is 0 Å². The Balaban J connectivity index is 2.08. The molecule has 122 valence electrons. The van der Waals surface area contributed by atoms with Crippen LogP contribution >= 0.6 is 11.6 Å². The number of nitrogens with one attached hydrogen (secondary N) is 1. The fourth-order valence-corrected chi connectivity index (χ4v) is 3.30. The van der Waals surface area contributed by atoms with E-state index in [9.17, 15) is 10.1 Å². The monoisotopic (exact) mass is 349 g/mol. The van der Waals surface area contributed by atoms with E-state index in [0.717, 1.165) is 10.9 Å². The molecule has 0 radical (unpaired) electrons. The van der Waals surface area contributed by atoms with Crippen LogP contribution in [0.5, 0.6) is 0 Å². The molecule has 2 aromatic carbocycles. The first-order valence-electron chi connectivity index (χ1n) is 7.58. The maximum absolute atomic E-state index is 12.7. The molecule has 25 heavy (non-hydrogen) atoms. The zero-order valence-electron chi connectivity index (χ0n) is 12.9. The summed E-state index contributed by atoms with van der Waals surface area (Å²) < 4.78 is 5.47. The first-order valence-corrected chi connectivity index (χ1v) is 7.96. The van der Waals surface area contributed by atoms with Gasteiger partial charge in [-0.05, 0) is 29.8 Å². The minimum atomic E-state index is -0.612. The van der Waals surface area contributed by atoms with Crippen molar-refractivity contribution in [3.8, 4) is 6.07 Å². The predicted molar refractivity (Wildman–Crippen MR) is 96.2 cm³/mol. The third kappa shape index (κ3) is 2.35. The van der Waals surface area contributed by atoms with E-state index in [0.29, 0.717) is 21.9 Å². The van der Waals surface area contributed by atoms with Gasteiger partial charge in [-0.25, -0.2) is 4.79 Å². The normalized spacial score (nSPS) is 16.2. The van der Waals surface area contributed by atoms with Crippen molar-refractivity contribution in [1.29, 1.82) is 5.26 Å². The van der Waals surface area contributed by atoms with Gasteiger partial charge in [0.1, 0.15) is 11.4 Å². The van der Waals surface area contributed by atoms with Crippen LogP contribution in [0.4, 0.5) is 5.69 Å². The van der Waals surface area contributed by atoms with Crippen LogP contribution in [0, 0.1) is 11.3 Å². The summed E-state index contributed by atoms with van der Waals surface area (Å²) in [5.41, 5.74) is 8.01. The van der Waals surface area contributed by atoms with Crippen LogP contribution in [0.1, 0.15) is 17.0 Å². The van der Waals surface area contributed by atoms with Crippen molar-refractivity contribution in [2.75, 3.05) is 5.32 Å². The number of fused-ring (bicyclic) bond motifs is 3. The summed E-state index contributed by atoms with van der Waals surface area (Å²) in [6.07, 6.45) is 0. The molecule has 0 spiro atoms. The van der Waals surface area contributed by atoms with Gasteiger partial charge >= 0.3 is 5.63 Å². The molecule has 1 atom stereocenters. The highest BCUT2D eigenvalue weighted by Gasteiger charge is 2.33. The molecule has 0 aliphatic carbocycles. The lowest BCUT2D eigenvalue weighted by Gasteiger charge is -2.27. The number of benzene rings is 2. The lowest BCUT2D eigenvalue weighted by Crippen LogP contribution is -2.28. The second-order valence-electron chi connectivity index (χ2n) is 5.72. The highest BCUT2D eigenvalue weighted by Crippen LogP contribution is 2.41. The third-order valence-corrected chi connectivity index (χ3v) is 4.55. The summed E-state index contributed by atoms with van der Waals surface area (Å²) >= 11 is 5.96. The van der Waals surface area contributed by atoms with E-state index in [1.807, 2.05) is 12.1 Å². The first kappa shape index (κ1) is 15.3. The average molecular weight is 350 g/mol. The van der Waals surface area contributed by atoms with Crippen LogP contribution in [0.15, 0.2) is 69.1 Å². The van der Waals surface area contributed by atoms with E-state index in [-0.39, 0.29) is 11.4 Å². The summed E-state index contributed by atoms with van der Waals surface area (Å²) in [6.45, 7) is 0. The molecule has 3 aromatic rings. The topological polar surface area (TPSA) is 92.0 Å². The minimum absolute atomic E-state index is 0.228. The highest BCUT2D eigenvalue weighted by atomic mass is 35.5. The standard InChI is InChI=1S/C19H12ClN3O2/c20-11-7-5-10(6-8-11)15-13(9-21)18(22)23-17-12-3-1-2-4-14(12)25-19(24)16(15)17/h1-8,15,23H,22H2/t15-/m0/s1. The van der Waals surface area contributed by atoms with Crippen molar-refractivity contribution in [2.24, 2.45) is 5.73 Å². The van der Waals surface area contributed by atoms with Crippen LogP contribution in [0.25, 0.3) is 11.0 Å². The molecule has 0 unspecified atom stereocenters. The molecule has 0 saturated carbocycles. The second-order valence-corrected chi connectivity index (χ2v) is 6.16. The molecule has 0 saturated heterocycles. The molecule has 1 aliphatic rings. The van der Waals surface area contributed by atoms with E-state index in [1.54, 1.807) is 36.4 Å². The molecule has 6 heteroatoms.